The lowest BCUT2D eigenvalue weighted by Crippen LogP contribution is -2.15. The van der Waals surface area contributed by atoms with Gasteiger partial charge in [0.1, 0.15) is 5.75 Å². The van der Waals surface area contributed by atoms with Gasteiger partial charge in [0.05, 0.1) is 12.8 Å². The second-order valence-electron chi connectivity index (χ2n) is 6.70. The van der Waals surface area contributed by atoms with Gasteiger partial charge in [-0.2, -0.15) is 0 Å². The lowest BCUT2D eigenvalue weighted by atomic mass is 10.0. The van der Waals surface area contributed by atoms with E-state index in [1.807, 2.05) is 66.0 Å². The van der Waals surface area contributed by atoms with Gasteiger partial charge in [0, 0.05) is 25.7 Å². The quantitative estimate of drug-likeness (QED) is 0.512. The summed E-state index contributed by atoms with van der Waals surface area (Å²) in [4.78, 5) is 1.96. The standard InChI is InChI=1S/C23H22N4O/c1-26(2)23-25-24-22(27(23)20-13-8-14-21(16-20)28-3)19-12-7-11-18(15-19)17-9-5-4-6-10-17/h4-16H,1-3H3. The second kappa shape index (κ2) is 7.56. The van der Waals surface area contributed by atoms with Crippen molar-refractivity contribution in [2.75, 3.05) is 26.1 Å². The zero-order chi connectivity index (χ0) is 19.5. The fourth-order valence-electron chi connectivity index (χ4n) is 3.21. The van der Waals surface area contributed by atoms with Gasteiger partial charge in [-0.05, 0) is 29.3 Å². The predicted molar refractivity (Wildman–Crippen MR) is 113 cm³/mol. The average Bonchev–Trinajstić information content (AvgIpc) is 3.20. The number of ether oxygens (including phenoxy) is 1. The highest BCUT2D eigenvalue weighted by Gasteiger charge is 2.18. The summed E-state index contributed by atoms with van der Waals surface area (Å²) in [7, 11) is 5.60. The Morgan fingerprint density at radius 3 is 2.21 bits per heavy atom. The molecule has 4 aromatic rings. The van der Waals surface area contributed by atoms with Gasteiger partial charge in [-0.15, -0.1) is 10.2 Å². The van der Waals surface area contributed by atoms with Crippen LogP contribution < -0.4 is 9.64 Å². The lowest BCUT2D eigenvalue weighted by molar-refractivity contribution is 0.414. The van der Waals surface area contributed by atoms with E-state index in [2.05, 4.69) is 46.6 Å². The lowest BCUT2D eigenvalue weighted by Gasteiger charge is -2.16. The maximum absolute atomic E-state index is 5.41. The first-order valence-corrected chi connectivity index (χ1v) is 9.10. The maximum Gasteiger partial charge on any atom is 0.231 e. The molecule has 0 spiro atoms. The van der Waals surface area contributed by atoms with Crippen LogP contribution in [-0.2, 0) is 0 Å². The van der Waals surface area contributed by atoms with Crippen molar-refractivity contribution in [2.24, 2.45) is 0 Å². The largest absolute Gasteiger partial charge is 0.497 e. The molecule has 1 aromatic heterocycles. The summed E-state index contributed by atoms with van der Waals surface area (Å²) in [5.41, 5.74) is 4.27. The molecule has 0 N–H and O–H groups in total. The molecule has 0 aliphatic carbocycles. The Morgan fingerprint density at radius 1 is 0.750 bits per heavy atom. The first-order valence-electron chi connectivity index (χ1n) is 9.10. The number of anilines is 1. The van der Waals surface area contributed by atoms with Crippen LogP contribution in [0.4, 0.5) is 5.95 Å². The van der Waals surface area contributed by atoms with Gasteiger partial charge in [0.15, 0.2) is 5.82 Å². The first kappa shape index (κ1) is 17.8. The van der Waals surface area contributed by atoms with Gasteiger partial charge < -0.3 is 9.64 Å². The van der Waals surface area contributed by atoms with Crippen LogP contribution in [0.2, 0.25) is 0 Å². The van der Waals surface area contributed by atoms with E-state index in [0.717, 1.165) is 34.3 Å². The van der Waals surface area contributed by atoms with Crippen LogP contribution in [0, 0.1) is 0 Å². The highest BCUT2D eigenvalue weighted by molar-refractivity contribution is 5.72. The Morgan fingerprint density at radius 2 is 1.46 bits per heavy atom. The second-order valence-corrected chi connectivity index (χ2v) is 6.70. The van der Waals surface area contributed by atoms with Crippen LogP contribution in [0.3, 0.4) is 0 Å². The highest BCUT2D eigenvalue weighted by Crippen LogP contribution is 2.30. The minimum absolute atomic E-state index is 0.758. The minimum atomic E-state index is 0.758. The molecule has 0 aliphatic heterocycles. The Bertz CT molecular complexity index is 1090. The molecular formula is C23H22N4O. The van der Waals surface area contributed by atoms with E-state index in [0.29, 0.717) is 0 Å². The van der Waals surface area contributed by atoms with Gasteiger partial charge in [-0.25, -0.2) is 0 Å². The predicted octanol–water partition coefficient (Wildman–Crippen LogP) is 4.68. The van der Waals surface area contributed by atoms with Crippen molar-refractivity contribution >= 4 is 5.95 Å². The Labute approximate surface area is 164 Å². The van der Waals surface area contributed by atoms with Crippen LogP contribution >= 0.6 is 0 Å². The van der Waals surface area contributed by atoms with E-state index in [1.54, 1.807) is 7.11 Å². The molecule has 1 heterocycles. The van der Waals surface area contributed by atoms with Gasteiger partial charge >= 0.3 is 0 Å². The molecular weight excluding hydrogens is 348 g/mol. The van der Waals surface area contributed by atoms with E-state index in [9.17, 15) is 0 Å². The van der Waals surface area contributed by atoms with Crippen molar-refractivity contribution in [3.05, 3.63) is 78.9 Å². The minimum Gasteiger partial charge on any atom is -0.497 e. The van der Waals surface area contributed by atoms with Crippen molar-refractivity contribution in [1.29, 1.82) is 0 Å². The number of hydrogen-bond donors (Lipinski definition) is 0. The molecule has 0 amide bonds. The molecule has 0 aliphatic rings. The number of nitrogens with zero attached hydrogens (tertiary/aromatic N) is 4. The van der Waals surface area contributed by atoms with Crippen LogP contribution in [-0.4, -0.2) is 36.0 Å². The topological polar surface area (TPSA) is 43.2 Å². The molecule has 0 saturated heterocycles. The average molecular weight is 370 g/mol. The number of aromatic nitrogens is 3. The van der Waals surface area contributed by atoms with Gasteiger partial charge in [-0.3, -0.25) is 4.57 Å². The van der Waals surface area contributed by atoms with Crippen LogP contribution in [0.15, 0.2) is 78.9 Å². The third kappa shape index (κ3) is 3.34. The molecule has 0 bridgehead atoms. The third-order valence-electron chi connectivity index (χ3n) is 4.59. The van der Waals surface area contributed by atoms with Crippen LogP contribution in [0.1, 0.15) is 0 Å². The normalized spacial score (nSPS) is 10.7. The van der Waals surface area contributed by atoms with Gasteiger partial charge in [-0.1, -0.05) is 54.6 Å². The number of hydrogen-bond acceptors (Lipinski definition) is 4. The zero-order valence-corrected chi connectivity index (χ0v) is 16.2. The van der Waals surface area contributed by atoms with Crippen molar-refractivity contribution in [1.82, 2.24) is 14.8 Å². The molecule has 5 heteroatoms. The summed E-state index contributed by atoms with van der Waals surface area (Å²) in [6.45, 7) is 0. The molecule has 28 heavy (non-hydrogen) atoms. The van der Waals surface area contributed by atoms with E-state index < -0.39 is 0 Å². The first-order chi connectivity index (χ1) is 13.7. The SMILES string of the molecule is COc1cccc(-n2c(-c3cccc(-c4ccccc4)c3)nnc2N(C)C)c1. The number of rotatable bonds is 5. The van der Waals surface area contributed by atoms with Crippen LogP contribution in [0.25, 0.3) is 28.2 Å². The summed E-state index contributed by atoms with van der Waals surface area (Å²) in [6.07, 6.45) is 0. The molecule has 5 nitrogen and oxygen atoms in total. The summed E-state index contributed by atoms with van der Waals surface area (Å²) in [5.74, 6) is 2.34. The maximum atomic E-state index is 5.41. The van der Waals surface area contributed by atoms with E-state index in [-0.39, 0.29) is 0 Å². The molecule has 4 rings (SSSR count). The highest BCUT2D eigenvalue weighted by atomic mass is 16.5. The molecule has 140 valence electrons. The summed E-state index contributed by atoms with van der Waals surface area (Å²) >= 11 is 0. The van der Waals surface area contributed by atoms with Crippen molar-refractivity contribution in [3.8, 4) is 34.0 Å². The molecule has 0 fully saturated rings. The summed E-state index contributed by atoms with van der Waals surface area (Å²) in [6, 6.07) is 26.6. The molecule has 3 aromatic carbocycles. The Hall–Kier alpha value is -3.60. The fraction of sp³-hybridized carbons (Fsp3) is 0.130. The number of benzene rings is 3. The number of methoxy groups -OCH3 is 1. The van der Waals surface area contributed by atoms with Crippen molar-refractivity contribution in [3.63, 3.8) is 0 Å². The molecule has 0 saturated carbocycles. The Balaban J connectivity index is 1.87. The fourth-order valence-corrected chi connectivity index (χ4v) is 3.21. The van der Waals surface area contributed by atoms with E-state index >= 15 is 0 Å². The molecule has 0 unspecified atom stereocenters. The third-order valence-corrected chi connectivity index (χ3v) is 4.59. The van der Waals surface area contributed by atoms with E-state index in [4.69, 9.17) is 4.74 Å². The van der Waals surface area contributed by atoms with E-state index in [1.165, 1.54) is 5.56 Å². The molecule has 0 radical (unpaired) electrons. The zero-order valence-electron chi connectivity index (χ0n) is 16.2. The monoisotopic (exact) mass is 370 g/mol. The smallest absolute Gasteiger partial charge is 0.231 e. The van der Waals surface area contributed by atoms with Gasteiger partial charge in [0.25, 0.3) is 0 Å². The summed E-state index contributed by atoms with van der Waals surface area (Å²) in [5, 5.41) is 8.93. The van der Waals surface area contributed by atoms with Gasteiger partial charge in [0.2, 0.25) is 5.95 Å². The summed E-state index contributed by atoms with van der Waals surface area (Å²) < 4.78 is 7.46. The van der Waals surface area contributed by atoms with Crippen molar-refractivity contribution < 1.29 is 4.74 Å². The van der Waals surface area contributed by atoms with Crippen LogP contribution in [0.5, 0.6) is 5.75 Å². The van der Waals surface area contributed by atoms with Crippen molar-refractivity contribution in [2.45, 2.75) is 0 Å². The Kier molecular flexibility index (Phi) is 4.81. The molecule has 0 atom stereocenters.